The van der Waals surface area contributed by atoms with Crippen molar-refractivity contribution in [3.8, 4) is 5.75 Å². The number of benzene rings is 3. The van der Waals surface area contributed by atoms with Gasteiger partial charge in [0.1, 0.15) is 5.75 Å². The van der Waals surface area contributed by atoms with Gasteiger partial charge in [0.05, 0.1) is 5.56 Å². The molecule has 0 atom stereocenters. The zero-order valence-corrected chi connectivity index (χ0v) is 18.1. The average Bonchev–Trinajstić information content (AvgIpc) is 2.74. The Hall–Kier alpha value is -2.87. The van der Waals surface area contributed by atoms with Gasteiger partial charge in [-0.15, -0.1) is 0 Å². The third kappa shape index (κ3) is 6.05. The van der Waals surface area contributed by atoms with Crippen LogP contribution in [0.3, 0.4) is 0 Å². The molecule has 5 nitrogen and oxygen atoms in total. The fourth-order valence-electron chi connectivity index (χ4n) is 2.78. The van der Waals surface area contributed by atoms with Gasteiger partial charge in [-0.05, 0) is 64.6 Å². The Morgan fingerprint density at radius 1 is 0.931 bits per heavy atom. The number of halogens is 1. The van der Waals surface area contributed by atoms with E-state index in [9.17, 15) is 9.59 Å². The van der Waals surface area contributed by atoms with Crippen LogP contribution in [0.2, 0.25) is 0 Å². The Labute approximate surface area is 183 Å². The summed E-state index contributed by atoms with van der Waals surface area (Å²) in [5.41, 5.74) is 2.16. The van der Waals surface area contributed by atoms with Crippen LogP contribution >= 0.6 is 22.6 Å². The van der Waals surface area contributed by atoms with Gasteiger partial charge in [0.2, 0.25) is 0 Å². The topological polar surface area (TPSA) is 58.6 Å². The van der Waals surface area contributed by atoms with E-state index in [1.54, 1.807) is 36.2 Å². The van der Waals surface area contributed by atoms with Gasteiger partial charge in [-0.25, -0.2) is 0 Å². The molecule has 0 saturated carbocycles. The Bertz CT molecular complexity index is 975. The van der Waals surface area contributed by atoms with E-state index >= 15 is 0 Å². The molecule has 29 heavy (non-hydrogen) atoms. The standard InChI is InChI=1S/C23H21IN2O3/c1-26(15-17-7-3-2-4-8-17)23(28)20-9-5-6-10-21(20)29-16-22(27)25-19-13-11-18(24)12-14-19/h2-14H,15-16H2,1H3,(H,25,27). The van der Waals surface area contributed by atoms with Crippen LogP contribution in [0.4, 0.5) is 5.69 Å². The molecule has 0 bridgehead atoms. The number of ether oxygens (including phenoxy) is 1. The van der Waals surface area contributed by atoms with E-state index < -0.39 is 0 Å². The molecule has 3 aromatic rings. The van der Waals surface area contributed by atoms with E-state index in [1.807, 2.05) is 54.6 Å². The van der Waals surface area contributed by atoms with Gasteiger partial charge in [-0.2, -0.15) is 0 Å². The van der Waals surface area contributed by atoms with E-state index in [0.717, 1.165) is 9.13 Å². The van der Waals surface area contributed by atoms with Crippen molar-refractivity contribution >= 4 is 40.1 Å². The Morgan fingerprint density at radius 3 is 2.31 bits per heavy atom. The number of rotatable bonds is 7. The molecule has 3 rings (SSSR count). The first-order chi connectivity index (χ1) is 14.0. The van der Waals surface area contributed by atoms with E-state index in [-0.39, 0.29) is 18.4 Å². The molecule has 0 saturated heterocycles. The first-order valence-electron chi connectivity index (χ1n) is 9.09. The summed E-state index contributed by atoms with van der Waals surface area (Å²) < 4.78 is 6.74. The average molecular weight is 500 g/mol. The van der Waals surface area contributed by atoms with Crippen molar-refractivity contribution in [3.63, 3.8) is 0 Å². The number of hydrogen-bond donors (Lipinski definition) is 1. The number of nitrogens with one attached hydrogen (secondary N) is 1. The largest absolute Gasteiger partial charge is 0.483 e. The summed E-state index contributed by atoms with van der Waals surface area (Å²) in [5, 5.41) is 2.78. The molecule has 0 spiro atoms. The predicted molar refractivity (Wildman–Crippen MR) is 122 cm³/mol. The summed E-state index contributed by atoms with van der Waals surface area (Å²) in [4.78, 5) is 26.7. The normalized spacial score (nSPS) is 10.3. The monoisotopic (exact) mass is 500 g/mol. The lowest BCUT2D eigenvalue weighted by molar-refractivity contribution is -0.118. The zero-order chi connectivity index (χ0) is 20.6. The van der Waals surface area contributed by atoms with Crippen LogP contribution in [0.15, 0.2) is 78.9 Å². The molecule has 2 amide bonds. The van der Waals surface area contributed by atoms with Crippen molar-refractivity contribution < 1.29 is 14.3 Å². The minimum atomic E-state index is -0.286. The van der Waals surface area contributed by atoms with Crippen LogP contribution in [-0.2, 0) is 11.3 Å². The Morgan fingerprint density at radius 2 is 1.59 bits per heavy atom. The lowest BCUT2D eigenvalue weighted by Crippen LogP contribution is -2.27. The molecule has 0 aromatic heterocycles. The van der Waals surface area contributed by atoms with Crippen LogP contribution in [-0.4, -0.2) is 30.4 Å². The van der Waals surface area contributed by atoms with Gasteiger partial charge in [-0.1, -0.05) is 42.5 Å². The van der Waals surface area contributed by atoms with Gasteiger partial charge in [0, 0.05) is 22.8 Å². The van der Waals surface area contributed by atoms with Crippen molar-refractivity contribution in [1.29, 1.82) is 0 Å². The summed E-state index contributed by atoms with van der Waals surface area (Å²) in [5.74, 6) is -0.0660. The molecule has 0 aliphatic rings. The second-order valence-electron chi connectivity index (χ2n) is 6.49. The van der Waals surface area contributed by atoms with E-state index in [2.05, 4.69) is 27.9 Å². The molecule has 148 valence electrons. The highest BCUT2D eigenvalue weighted by Gasteiger charge is 2.17. The minimum absolute atomic E-state index is 0.164. The number of para-hydroxylation sites is 1. The molecule has 0 radical (unpaired) electrons. The van der Waals surface area contributed by atoms with Crippen molar-refractivity contribution in [2.45, 2.75) is 6.54 Å². The highest BCUT2D eigenvalue weighted by Crippen LogP contribution is 2.20. The summed E-state index contributed by atoms with van der Waals surface area (Å²) in [7, 11) is 1.75. The summed E-state index contributed by atoms with van der Waals surface area (Å²) in [6.45, 7) is 0.306. The van der Waals surface area contributed by atoms with Crippen LogP contribution in [0.5, 0.6) is 5.75 Å². The summed E-state index contributed by atoms with van der Waals surface area (Å²) in [6.07, 6.45) is 0. The smallest absolute Gasteiger partial charge is 0.262 e. The SMILES string of the molecule is CN(Cc1ccccc1)C(=O)c1ccccc1OCC(=O)Nc1ccc(I)cc1. The molecule has 0 fully saturated rings. The third-order valence-corrected chi connectivity index (χ3v) is 4.93. The van der Waals surface area contributed by atoms with Crippen LogP contribution in [0, 0.1) is 3.57 Å². The van der Waals surface area contributed by atoms with Crippen molar-refractivity contribution in [3.05, 3.63) is 93.6 Å². The number of carbonyl (C=O) groups excluding carboxylic acids is 2. The second kappa shape index (κ2) is 10.1. The minimum Gasteiger partial charge on any atom is -0.483 e. The van der Waals surface area contributed by atoms with Crippen LogP contribution in [0.25, 0.3) is 0 Å². The molecule has 6 heteroatoms. The molecule has 3 aromatic carbocycles. The summed E-state index contributed by atoms with van der Waals surface area (Å²) >= 11 is 2.20. The molecule has 0 aliphatic carbocycles. The van der Waals surface area contributed by atoms with E-state index in [4.69, 9.17) is 4.74 Å². The van der Waals surface area contributed by atoms with Crippen molar-refractivity contribution in [1.82, 2.24) is 4.90 Å². The Balaban J connectivity index is 1.62. The zero-order valence-electron chi connectivity index (χ0n) is 16.0. The van der Waals surface area contributed by atoms with E-state index in [1.165, 1.54) is 0 Å². The lowest BCUT2D eigenvalue weighted by atomic mass is 10.1. The lowest BCUT2D eigenvalue weighted by Gasteiger charge is -2.19. The highest BCUT2D eigenvalue weighted by atomic mass is 127. The van der Waals surface area contributed by atoms with Gasteiger partial charge in [-0.3, -0.25) is 9.59 Å². The van der Waals surface area contributed by atoms with Gasteiger partial charge in [0.25, 0.3) is 11.8 Å². The van der Waals surface area contributed by atoms with Crippen molar-refractivity contribution in [2.75, 3.05) is 19.0 Å². The number of amides is 2. The molecule has 0 aliphatic heterocycles. The van der Waals surface area contributed by atoms with Gasteiger partial charge < -0.3 is 15.0 Å². The van der Waals surface area contributed by atoms with Crippen LogP contribution in [0.1, 0.15) is 15.9 Å². The maximum absolute atomic E-state index is 12.9. The number of carbonyl (C=O) groups is 2. The number of nitrogens with zero attached hydrogens (tertiary/aromatic N) is 1. The first-order valence-corrected chi connectivity index (χ1v) is 10.2. The predicted octanol–water partition coefficient (Wildman–Crippen LogP) is 4.58. The summed E-state index contributed by atoms with van der Waals surface area (Å²) in [6, 6.07) is 24.2. The quantitative estimate of drug-likeness (QED) is 0.484. The number of anilines is 1. The maximum Gasteiger partial charge on any atom is 0.262 e. The maximum atomic E-state index is 12.9. The van der Waals surface area contributed by atoms with E-state index in [0.29, 0.717) is 23.5 Å². The van der Waals surface area contributed by atoms with Gasteiger partial charge >= 0.3 is 0 Å². The van der Waals surface area contributed by atoms with Gasteiger partial charge in [0.15, 0.2) is 6.61 Å². The molecule has 0 unspecified atom stereocenters. The Kier molecular flexibility index (Phi) is 7.24. The van der Waals surface area contributed by atoms with Crippen LogP contribution < -0.4 is 10.1 Å². The third-order valence-electron chi connectivity index (χ3n) is 4.21. The first kappa shape index (κ1) is 20.9. The molecule has 1 N–H and O–H groups in total. The fourth-order valence-corrected chi connectivity index (χ4v) is 3.14. The molecule has 0 heterocycles. The second-order valence-corrected chi connectivity index (χ2v) is 7.73. The van der Waals surface area contributed by atoms with Crippen molar-refractivity contribution in [2.24, 2.45) is 0 Å². The highest BCUT2D eigenvalue weighted by molar-refractivity contribution is 14.1. The number of hydrogen-bond acceptors (Lipinski definition) is 3. The molecular weight excluding hydrogens is 479 g/mol. The molecular formula is C23H21IN2O3. The fraction of sp³-hybridized carbons (Fsp3) is 0.130.